The molecule has 0 radical (unpaired) electrons. The lowest BCUT2D eigenvalue weighted by Crippen LogP contribution is -2.38. The van der Waals surface area contributed by atoms with E-state index in [1.807, 2.05) is 17.0 Å². The van der Waals surface area contributed by atoms with E-state index in [0.29, 0.717) is 73.8 Å². The molecule has 2 aliphatic rings. The first-order valence-electron chi connectivity index (χ1n) is 16.1. The summed E-state index contributed by atoms with van der Waals surface area (Å²) >= 11 is 0. The number of aryl methyl sites for hydroxylation is 1. The molecule has 1 aliphatic heterocycles. The van der Waals surface area contributed by atoms with Crippen LogP contribution in [0.25, 0.3) is 11.1 Å². The van der Waals surface area contributed by atoms with Crippen molar-refractivity contribution in [2.45, 2.75) is 70.8 Å². The first-order valence-corrected chi connectivity index (χ1v) is 16.1. The lowest BCUT2D eigenvalue weighted by molar-refractivity contribution is -0.142. The average Bonchev–Trinajstić information content (AvgIpc) is 3.29. The van der Waals surface area contributed by atoms with Gasteiger partial charge in [-0.05, 0) is 79.3 Å². The summed E-state index contributed by atoms with van der Waals surface area (Å²) in [5.74, 6) is 1.58. The highest BCUT2D eigenvalue weighted by atomic mass is 16.5. The molecular weight excluding hydrogens is 590 g/mol. The normalized spacial score (nSPS) is 15.9. The van der Waals surface area contributed by atoms with E-state index >= 15 is 0 Å². The number of amides is 2. The summed E-state index contributed by atoms with van der Waals surface area (Å²) in [5.41, 5.74) is 3.55. The summed E-state index contributed by atoms with van der Waals surface area (Å²) in [6.07, 6.45) is 6.19. The predicted octanol–water partition coefficient (Wildman–Crippen LogP) is 4.64. The molecule has 0 aromatic heterocycles. The zero-order valence-electron chi connectivity index (χ0n) is 27.7. The number of fused-ring (bicyclic) bond motifs is 3. The van der Waals surface area contributed by atoms with Crippen molar-refractivity contribution >= 4 is 23.5 Å². The van der Waals surface area contributed by atoms with Crippen LogP contribution in [-0.4, -0.2) is 70.8 Å². The van der Waals surface area contributed by atoms with E-state index in [0.717, 1.165) is 48.8 Å². The average molecular weight is 638 g/mol. The summed E-state index contributed by atoms with van der Waals surface area (Å²) in [5, 5.41) is 6.32. The number of hydrogen-bond donors (Lipinski definition) is 2. The monoisotopic (exact) mass is 637 g/mol. The van der Waals surface area contributed by atoms with Gasteiger partial charge in [0.1, 0.15) is 0 Å². The van der Waals surface area contributed by atoms with Crippen molar-refractivity contribution in [3.63, 3.8) is 0 Å². The van der Waals surface area contributed by atoms with Gasteiger partial charge in [-0.15, -0.1) is 0 Å². The largest absolute Gasteiger partial charge is 0.493 e. The first-order chi connectivity index (χ1) is 22.2. The van der Waals surface area contributed by atoms with Gasteiger partial charge in [0.2, 0.25) is 23.0 Å². The number of benzene rings is 1. The minimum atomic E-state index is -0.370. The Bertz CT molecular complexity index is 1470. The van der Waals surface area contributed by atoms with Crippen molar-refractivity contribution in [3.8, 4) is 28.4 Å². The molecule has 0 bridgehead atoms. The number of esters is 1. The van der Waals surface area contributed by atoms with Gasteiger partial charge < -0.3 is 34.5 Å². The number of carbonyl (C=O) groups is 3. The van der Waals surface area contributed by atoms with E-state index < -0.39 is 0 Å². The molecule has 2 N–H and O–H groups in total. The third kappa shape index (κ3) is 8.30. The molecule has 11 heteroatoms. The van der Waals surface area contributed by atoms with Crippen molar-refractivity contribution in [2.24, 2.45) is 5.92 Å². The van der Waals surface area contributed by atoms with Gasteiger partial charge in [0.05, 0.1) is 40.2 Å². The Kier molecular flexibility index (Phi) is 12.3. The smallest absolute Gasteiger partial charge is 0.305 e. The third-order valence-electron chi connectivity index (χ3n) is 8.95. The molecule has 46 heavy (non-hydrogen) atoms. The number of anilines is 1. The topological polar surface area (TPSA) is 132 Å². The Morgan fingerprint density at radius 2 is 1.65 bits per heavy atom. The van der Waals surface area contributed by atoms with Gasteiger partial charge in [-0.1, -0.05) is 12.5 Å². The Hall–Kier alpha value is -4.28. The van der Waals surface area contributed by atoms with Gasteiger partial charge in [-0.3, -0.25) is 19.2 Å². The summed E-state index contributed by atoms with van der Waals surface area (Å²) in [7, 11) is 6.11. The molecule has 1 fully saturated rings. The second kappa shape index (κ2) is 16.3. The first kappa shape index (κ1) is 34.6. The lowest BCUT2D eigenvalue weighted by Gasteiger charge is -2.31. The summed E-state index contributed by atoms with van der Waals surface area (Å²) in [6.45, 7) is 3.42. The van der Waals surface area contributed by atoms with Crippen LogP contribution in [0.5, 0.6) is 17.2 Å². The van der Waals surface area contributed by atoms with Crippen LogP contribution < -0.4 is 30.3 Å². The molecular formula is C35H47N3O8. The van der Waals surface area contributed by atoms with Crippen molar-refractivity contribution in [1.29, 1.82) is 0 Å². The van der Waals surface area contributed by atoms with Crippen LogP contribution in [0.3, 0.4) is 0 Å². The Labute approximate surface area is 270 Å². The highest BCUT2D eigenvalue weighted by molar-refractivity contribution is 5.84. The van der Waals surface area contributed by atoms with Gasteiger partial charge in [-0.2, -0.15) is 0 Å². The van der Waals surface area contributed by atoms with Crippen LogP contribution >= 0.6 is 0 Å². The number of ether oxygens (including phenoxy) is 4. The van der Waals surface area contributed by atoms with Gasteiger partial charge in [0.25, 0.3) is 0 Å². The number of piperidine rings is 1. The maximum absolute atomic E-state index is 13.5. The number of likely N-dealkylation sites (tertiary alicyclic amines) is 1. The molecule has 4 rings (SSSR count). The molecule has 250 valence electrons. The van der Waals surface area contributed by atoms with Crippen LogP contribution in [0.1, 0.15) is 75.5 Å². The van der Waals surface area contributed by atoms with Crippen LogP contribution in [0.15, 0.2) is 29.1 Å². The maximum atomic E-state index is 13.5. The molecule has 0 unspecified atom stereocenters. The number of methoxy groups -OCH3 is 4. The standard InChI is InChI=1S/C35H47N3O8/c1-22(39)37-27-12-10-24-20-30(43-2)34(45-4)35(46-5)33(24)25-11-13-28(29(40)21-26(25)27)36-16-8-6-7-9-31(41)38-17-14-23(15-18-38)19-32(42)44-3/h11,13,20-21,23,27H,6-10,12,14-19H2,1-5H3,(H,36,40)(H,37,39)/t27-/m1/s1. The van der Waals surface area contributed by atoms with Gasteiger partial charge in [0, 0.05) is 45.0 Å². The molecule has 1 saturated heterocycles. The fraction of sp³-hybridized carbons (Fsp3) is 0.543. The van der Waals surface area contributed by atoms with Crippen molar-refractivity contribution in [2.75, 3.05) is 53.4 Å². The van der Waals surface area contributed by atoms with Gasteiger partial charge in [-0.25, -0.2) is 0 Å². The molecule has 1 aliphatic carbocycles. The second-order valence-electron chi connectivity index (χ2n) is 11.9. The van der Waals surface area contributed by atoms with Crippen LogP contribution in [-0.2, 0) is 25.5 Å². The van der Waals surface area contributed by atoms with Crippen molar-refractivity contribution < 1.29 is 33.3 Å². The van der Waals surface area contributed by atoms with E-state index in [2.05, 4.69) is 10.6 Å². The third-order valence-corrected chi connectivity index (χ3v) is 8.95. The Morgan fingerprint density at radius 1 is 0.913 bits per heavy atom. The van der Waals surface area contributed by atoms with Gasteiger partial charge >= 0.3 is 5.97 Å². The summed E-state index contributed by atoms with van der Waals surface area (Å²) < 4.78 is 21.9. The fourth-order valence-electron chi connectivity index (χ4n) is 6.52. The second-order valence-corrected chi connectivity index (χ2v) is 11.9. The number of rotatable bonds is 13. The summed E-state index contributed by atoms with van der Waals surface area (Å²) in [4.78, 5) is 51.8. The number of carbonyl (C=O) groups excluding carboxylic acids is 3. The van der Waals surface area contributed by atoms with Crippen LogP contribution in [0.4, 0.5) is 5.69 Å². The quantitative estimate of drug-likeness (QED) is 0.238. The molecule has 1 atom stereocenters. The lowest BCUT2D eigenvalue weighted by atomic mass is 9.93. The van der Waals surface area contributed by atoms with E-state index in [1.165, 1.54) is 14.0 Å². The Balaban J connectivity index is 1.42. The fourth-order valence-corrected chi connectivity index (χ4v) is 6.52. The number of nitrogens with one attached hydrogen (secondary N) is 2. The minimum Gasteiger partial charge on any atom is -0.493 e. The zero-order chi connectivity index (χ0) is 33.2. The molecule has 1 heterocycles. The Morgan fingerprint density at radius 3 is 2.30 bits per heavy atom. The molecule has 2 aromatic carbocycles. The molecule has 11 nitrogen and oxygen atoms in total. The maximum Gasteiger partial charge on any atom is 0.305 e. The van der Waals surface area contributed by atoms with E-state index in [1.54, 1.807) is 33.5 Å². The number of hydrogen-bond acceptors (Lipinski definition) is 9. The van der Waals surface area contributed by atoms with Gasteiger partial charge in [0.15, 0.2) is 11.5 Å². The van der Waals surface area contributed by atoms with Crippen molar-refractivity contribution in [1.82, 2.24) is 10.2 Å². The highest BCUT2D eigenvalue weighted by Gasteiger charge is 2.29. The minimum absolute atomic E-state index is 0.154. The summed E-state index contributed by atoms with van der Waals surface area (Å²) in [6, 6.07) is 6.85. The van der Waals surface area contributed by atoms with Crippen LogP contribution in [0.2, 0.25) is 0 Å². The van der Waals surface area contributed by atoms with E-state index in [4.69, 9.17) is 18.9 Å². The molecule has 2 amide bonds. The predicted molar refractivity (Wildman–Crippen MR) is 176 cm³/mol. The van der Waals surface area contributed by atoms with E-state index in [-0.39, 0.29) is 35.2 Å². The number of nitrogens with zero attached hydrogens (tertiary/aromatic N) is 1. The highest BCUT2D eigenvalue weighted by Crippen LogP contribution is 2.50. The number of unbranched alkanes of at least 4 members (excludes halogenated alkanes) is 2. The molecule has 2 aromatic rings. The molecule has 0 spiro atoms. The SMILES string of the molecule is COC(=O)CC1CCN(C(=O)CCCCCNc2ccc3c(cc2=O)[C@H](NC(C)=O)CCc2cc(OC)c(OC)c(OC)c2-3)CC1. The van der Waals surface area contributed by atoms with E-state index in [9.17, 15) is 19.2 Å². The molecule has 0 saturated carbocycles. The van der Waals surface area contributed by atoms with Crippen molar-refractivity contribution in [3.05, 3.63) is 45.6 Å². The van der Waals surface area contributed by atoms with Crippen LogP contribution in [0, 0.1) is 5.92 Å². The zero-order valence-corrected chi connectivity index (χ0v) is 27.7.